The van der Waals surface area contributed by atoms with Gasteiger partial charge in [-0.2, -0.15) is 0 Å². The molecule has 0 amide bonds. The lowest BCUT2D eigenvalue weighted by molar-refractivity contribution is -0.136. The van der Waals surface area contributed by atoms with Crippen molar-refractivity contribution >= 4 is 18.4 Å². The lowest BCUT2D eigenvalue weighted by atomic mass is 10.2. The van der Waals surface area contributed by atoms with E-state index in [1.165, 1.54) is 0 Å². The molecule has 1 N–H and O–H groups in total. The van der Waals surface area contributed by atoms with Gasteiger partial charge in [0.15, 0.2) is 0 Å². The third kappa shape index (κ3) is 3.34. The van der Waals surface area contributed by atoms with E-state index in [0.29, 0.717) is 5.69 Å². The van der Waals surface area contributed by atoms with Crippen molar-refractivity contribution in [2.24, 2.45) is 0 Å². The smallest absolute Gasteiger partial charge is 0.309 e. The average Bonchev–Trinajstić information content (AvgIpc) is 1.85. The van der Waals surface area contributed by atoms with Gasteiger partial charge >= 0.3 is 5.97 Å². The van der Waals surface area contributed by atoms with Gasteiger partial charge in [-0.1, -0.05) is 0 Å². The molecule has 0 saturated heterocycles. The highest BCUT2D eigenvalue weighted by Crippen LogP contribution is 1.99. The Balaban J connectivity index is 0.00000121. The summed E-state index contributed by atoms with van der Waals surface area (Å²) in [6.07, 6.45) is 1.62. The van der Waals surface area contributed by atoms with Crippen LogP contribution in [0.2, 0.25) is 0 Å². The largest absolute Gasteiger partial charge is 0.481 e. The molecular weight excluding hydrogens is 178 g/mol. The third-order valence-corrected chi connectivity index (χ3v) is 1.30. The normalized spacial score (nSPS) is 8.75. The molecule has 0 spiro atoms. The highest BCUT2D eigenvalue weighted by molar-refractivity contribution is 5.85. The quantitative estimate of drug-likeness (QED) is 0.762. The van der Waals surface area contributed by atoms with Gasteiger partial charge in [0.2, 0.25) is 0 Å². The monoisotopic (exact) mass is 187 g/mol. The molecule has 0 fully saturated rings. The first-order chi connectivity index (χ1) is 5.18. The minimum Gasteiger partial charge on any atom is -0.481 e. The molecule has 0 radical (unpaired) electrons. The molecule has 66 valence electrons. The summed E-state index contributed by atoms with van der Waals surface area (Å²) in [5, 5.41) is 8.42. The van der Waals surface area contributed by atoms with E-state index in [-0.39, 0.29) is 18.8 Å². The van der Waals surface area contributed by atoms with Gasteiger partial charge in [-0.25, -0.2) is 0 Å². The topological polar surface area (TPSA) is 50.2 Å². The lowest BCUT2D eigenvalue weighted by Gasteiger charge is -1.95. The van der Waals surface area contributed by atoms with Crippen LogP contribution in [0.3, 0.4) is 0 Å². The number of carboxylic acid groups (broad SMARTS) is 1. The van der Waals surface area contributed by atoms with Crippen LogP contribution in [0.25, 0.3) is 0 Å². The van der Waals surface area contributed by atoms with Gasteiger partial charge < -0.3 is 5.11 Å². The number of aryl methyl sites for hydroxylation is 1. The minimum absolute atomic E-state index is 0. The maximum Gasteiger partial charge on any atom is 0.309 e. The van der Waals surface area contributed by atoms with Crippen LogP contribution >= 0.6 is 12.4 Å². The predicted octanol–water partition coefficient (Wildman–Crippen LogP) is 1.44. The number of carboxylic acids is 1. The lowest BCUT2D eigenvalue weighted by Crippen LogP contribution is -2.01. The maximum atomic E-state index is 10.2. The number of nitrogens with zero attached hydrogens (tertiary/aromatic N) is 1. The van der Waals surface area contributed by atoms with Gasteiger partial charge in [-0.15, -0.1) is 12.4 Å². The second-order valence-corrected chi connectivity index (χ2v) is 2.40. The zero-order chi connectivity index (χ0) is 8.27. The molecule has 1 aromatic heterocycles. The number of aromatic nitrogens is 1. The Kier molecular flexibility index (Phi) is 4.29. The molecule has 0 saturated carbocycles. The summed E-state index contributed by atoms with van der Waals surface area (Å²) in [4.78, 5) is 14.1. The van der Waals surface area contributed by atoms with Gasteiger partial charge in [-0.05, 0) is 24.6 Å². The molecule has 0 aliphatic rings. The first-order valence-corrected chi connectivity index (χ1v) is 3.32. The summed E-state index contributed by atoms with van der Waals surface area (Å²) >= 11 is 0. The van der Waals surface area contributed by atoms with Crippen molar-refractivity contribution in [2.75, 3.05) is 0 Å². The number of hydrogen-bond donors (Lipinski definition) is 1. The molecule has 1 rings (SSSR count). The first kappa shape index (κ1) is 10.9. The second kappa shape index (κ2) is 4.72. The van der Waals surface area contributed by atoms with Crippen LogP contribution in [-0.4, -0.2) is 16.1 Å². The summed E-state index contributed by atoms with van der Waals surface area (Å²) in [6, 6.07) is 3.61. The van der Waals surface area contributed by atoms with E-state index in [4.69, 9.17) is 5.11 Å². The summed E-state index contributed by atoms with van der Waals surface area (Å²) in [7, 11) is 0. The minimum atomic E-state index is -0.844. The van der Waals surface area contributed by atoms with Crippen molar-refractivity contribution < 1.29 is 9.90 Å². The van der Waals surface area contributed by atoms with Crippen LogP contribution in [0.5, 0.6) is 0 Å². The van der Waals surface area contributed by atoms with E-state index in [1.807, 2.05) is 13.0 Å². The number of hydrogen-bond acceptors (Lipinski definition) is 2. The van der Waals surface area contributed by atoms with Crippen molar-refractivity contribution in [1.82, 2.24) is 4.98 Å². The van der Waals surface area contributed by atoms with Crippen LogP contribution in [-0.2, 0) is 11.2 Å². The average molecular weight is 188 g/mol. The van der Waals surface area contributed by atoms with Gasteiger partial charge in [0.25, 0.3) is 0 Å². The van der Waals surface area contributed by atoms with Crippen molar-refractivity contribution in [3.8, 4) is 0 Å². The van der Waals surface area contributed by atoms with Gasteiger partial charge in [0.05, 0.1) is 12.1 Å². The summed E-state index contributed by atoms with van der Waals surface area (Å²) in [5.74, 6) is -0.844. The number of carbonyl (C=O) groups is 1. The Bertz CT molecular complexity index is 276. The molecule has 0 aliphatic heterocycles. The maximum absolute atomic E-state index is 10.2. The van der Waals surface area contributed by atoms with Crippen molar-refractivity contribution in [1.29, 1.82) is 0 Å². The highest BCUT2D eigenvalue weighted by Gasteiger charge is 2.00. The molecular formula is C8H10ClNO2. The Labute approximate surface area is 76.9 Å². The van der Waals surface area contributed by atoms with Crippen molar-refractivity contribution in [3.63, 3.8) is 0 Å². The SMILES string of the molecule is Cc1ccnc(CC(=O)O)c1.Cl. The van der Waals surface area contributed by atoms with E-state index in [9.17, 15) is 4.79 Å². The van der Waals surface area contributed by atoms with Crippen LogP contribution < -0.4 is 0 Å². The molecule has 1 heterocycles. The molecule has 3 nitrogen and oxygen atoms in total. The Morgan fingerprint density at radius 1 is 1.67 bits per heavy atom. The van der Waals surface area contributed by atoms with Gasteiger partial charge in [-0.3, -0.25) is 9.78 Å². The molecule has 0 aliphatic carbocycles. The van der Waals surface area contributed by atoms with Crippen molar-refractivity contribution in [2.45, 2.75) is 13.3 Å². The van der Waals surface area contributed by atoms with E-state index < -0.39 is 5.97 Å². The van der Waals surface area contributed by atoms with E-state index in [0.717, 1.165) is 5.56 Å². The van der Waals surface area contributed by atoms with Crippen LogP contribution in [0.15, 0.2) is 18.3 Å². The van der Waals surface area contributed by atoms with Gasteiger partial charge in [0, 0.05) is 6.20 Å². The number of rotatable bonds is 2. The van der Waals surface area contributed by atoms with Crippen LogP contribution in [0, 0.1) is 6.92 Å². The fraction of sp³-hybridized carbons (Fsp3) is 0.250. The van der Waals surface area contributed by atoms with E-state index >= 15 is 0 Å². The van der Waals surface area contributed by atoms with Crippen LogP contribution in [0.1, 0.15) is 11.3 Å². The van der Waals surface area contributed by atoms with E-state index in [2.05, 4.69) is 4.98 Å². The fourth-order valence-electron chi connectivity index (χ4n) is 0.850. The first-order valence-electron chi connectivity index (χ1n) is 3.32. The molecule has 0 bridgehead atoms. The van der Waals surface area contributed by atoms with Gasteiger partial charge in [0.1, 0.15) is 0 Å². The zero-order valence-corrected chi connectivity index (χ0v) is 7.47. The number of aliphatic carboxylic acids is 1. The molecule has 0 atom stereocenters. The number of pyridine rings is 1. The fourth-order valence-corrected chi connectivity index (χ4v) is 0.850. The third-order valence-electron chi connectivity index (χ3n) is 1.30. The van der Waals surface area contributed by atoms with E-state index in [1.54, 1.807) is 12.3 Å². The van der Waals surface area contributed by atoms with Crippen molar-refractivity contribution in [3.05, 3.63) is 29.6 Å². The predicted molar refractivity (Wildman–Crippen MR) is 47.6 cm³/mol. The molecule has 4 heteroatoms. The molecule has 1 aromatic rings. The Morgan fingerprint density at radius 2 is 2.33 bits per heavy atom. The Morgan fingerprint density at radius 3 is 2.83 bits per heavy atom. The summed E-state index contributed by atoms with van der Waals surface area (Å²) < 4.78 is 0. The highest BCUT2D eigenvalue weighted by atomic mass is 35.5. The summed E-state index contributed by atoms with van der Waals surface area (Å²) in [5.41, 5.74) is 1.65. The van der Waals surface area contributed by atoms with Crippen LogP contribution in [0.4, 0.5) is 0 Å². The zero-order valence-electron chi connectivity index (χ0n) is 6.65. The standard InChI is InChI=1S/C8H9NO2.ClH/c1-6-2-3-9-7(4-6)5-8(10)11;/h2-4H,5H2,1H3,(H,10,11);1H. The summed E-state index contributed by atoms with van der Waals surface area (Å²) in [6.45, 7) is 1.91. The molecule has 12 heavy (non-hydrogen) atoms. The second-order valence-electron chi connectivity index (χ2n) is 2.40. The number of halogens is 1. The molecule has 0 aromatic carbocycles. The molecule has 0 unspecified atom stereocenters. The Hall–Kier alpha value is -1.09.